The van der Waals surface area contributed by atoms with Crippen LogP contribution in [0, 0.1) is 28.6 Å². The van der Waals surface area contributed by atoms with Crippen molar-refractivity contribution in [1.82, 2.24) is 5.32 Å². The van der Waals surface area contributed by atoms with Crippen molar-refractivity contribution in [2.75, 3.05) is 0 Å². The van der Waals surface area contributed by atoms with E-state index in [0.29, 0.717) is 23.7 Å². The van der Waals surface area contributed by atoms with Gasteiger partial charge in [0.2, 0.25) is 5.91 Å². The summed E-state index contributed by atoms with van der Waals surface area (Å²) in [5, 5.41) is 3.34. The van der Waals surface area contributed by atoms with Gasteiger partial charge in [0.25, 0.3) is 0 Å². The molecule has 1 amide bonds. The van der Waals surface area contributed by atoms with Crippen LogP contribution in [-0.2, 0) is 9.53 Å². The first-order chi connectivity index (χ1) is 11.9. The monoisotopic (exact) mass is 409 g/mol. The van der Waals surface area contributed by atoms with Gasteiger partial charge in [-0.05, 0) is 86.4 Å². The zero-order chi connectivity index (χ0) is 17.4. The Hall–Kier alpha value is -0.0900. The van der Waals surface area contributed by atoms with Crippen LogP contribution in [-0.4, -0.2) is 29.0 Å². The second kappa shape index (κ2) is 5.70. The fourth-order valence-electron chi connectivity index (χ4n) is 7.34. The SMILES string of the molecule is C[C@]12CC(Br)C(=O)N[C@@H]1CC[C@@H]1[C@@H]2CC[C@]2(C)[C@@H](OC3CC3)CC[C@@H]12. The molecule has 25 heavy (non-hydrogen) atoms. The van der Waals surface area contributed by atoms with Crippen LogP contribution in [0.15, 0.2) is 0 Å². The zero-order valence-electron chi connectivity index (χ0n) is 15.6. The Morgan fingerprint density at radius 3 is 2.52 bits per heavy atom. The van der Waals surface area contributed by atoms with Crippen LogP contribution >= 0.6 is 15.9 Å². The van der Waals surface area contributed by atoms with E-state index < -0.39 is 0 Å². The molecule has 1 N–H and O–H groups in total. The molecule has 5 fully saturated rings. The van der Waals surface area contributed by atoms with Gasteiger partial charge in [-0.3, -0.25) is 4.79 Å². The number of hydrogen-bond donors (Lipinski definition) is 1. The summed E-state index contributed by atoms with van der Waals surface area (Å²) in [6.45, 7) is 5.01. The topological polar surface area (TPSA) is 38.3 Å². The van der Waals surface area contributed by atoms with E-state index in [1.54, 1.807) is 0 Å². The number of halogens is 1. The van der Waals surface area contributed by atoms with Gasteiger partial charge in [-0.25, -0.2) is 0 Å². The van der Waals surface area contributed by atoms with Crippen molar-refractivity contribution >= 4 is 21.8 Å². The molecule has 4 saturated carbocycles. The fraction of sp³-hybridized carbons (Fsp3) is 0.952. The molecule has 5 rings (SSSR count). The predicted octanol–water partition coefficient (Wildman–Crippen LogP) is 4.43. The van der Waals surface area contributed by atoms with Crippen molar-refractivity contribution in [3.05, 3.63) is 0 Å². The Morgan fingerprint density at radius 2 is 1.76 bits per heavy atom. The molecule has 0 aromatic heterocycles. The van der Waals surface area contributed by atoms with Crippen molar-refractivity contribution in [3.8, 4) is 0 Å². The number of fused-ring (bicyclic) bond motifs is 5. The smallest absolute Gasteiger partial charge is 0.234 e. The average molecular weight is 410 g/mol. The normalized spacial score (nSPS) is 55.1. The molecule has 8 atom stereocenters. The molecule has 0 bridgehead atoms. The van der Waals surface area contributed by atoms with Gasteiger partial charge in [-0.2, -0.15) is 0 Å². The van der Waals surface area contributed by atoms with Gasteiger partial charge in [0.15, 0.2) is 0 Å². The summed E-state index contributed by atoms with van der Waals surface area (Å²) in [4.78, 5) is 12.2. The van der Waals surface area contributed by atoms with Crippen LogP contribution in [0.2, 0.25) is 0 Å². The molecule has 3 nitrogen and oxygen atoms in total. The lowest BCUT2D eigenvalue weighted by Crippen LogP contribution is -2.63. The third kappa shape index (κ3) is 2.49. The molecule has 140 valence electrons. The van der Waals surface area contributed by atoms with Crippen LogP contribution in [0.5, 0.6) is 0 Å². The quantitative estimate of drug-likeness (QED) is 0.684. The number of rotatable bonds is 2. The van der Waals surface area contributed by atoms with Crippen molar-refractivity contribution in [2.45, 2.75) is 94.7 Å². The highest BCUT2D eigenvalue weighted by atomic mass is 79.9. The predicted molar refractivity (Wildman–Crippen MR) is 102 cm³/mol. The molecule has 1 unspecified atom stereocenters. The van der Waals surface area contributed by atoms with Crippen LogP contribution in [0.25, 0.3) is 0 Å². The van der Waals surface area contributed by atoms with E-state index in [-0.39, 0.29) is 16.1 Å². The van der Waals surface area contributed by atoms with Crippen LogP contribution < -0.4 is 5.32 Å². The number of nitrogens with one attached hydrogen (secondary N) is 1. The minimum Gasteiger partial charge on any atom is -0.374 e. The number of piperidine rings is 1. The maximum absolute atomic E-state index is 12.2. The highest BCUT2D eigenvalue weighted by Crippen LogP contribution is 2.65. The van der Waals surface area contributed by atoms with Gasteiger partial charge in [-0.15, -0.1) is 0 Å². The summed E-state index contributed by atoms with van der Waals surface area (Å²) in [6.07, 6.45) is 12.4. The first-order valence-corrected chi connectivity index (χ1v) is 11.4. The summed E-state index contributed by atoms with van der Waals surface area (Å²) in [7, 11) is 0. The average Bonchev–Trinajstić information content (AvgIpc) is 3.32. The minimum atomic E-state index is -0.00432. The first-order valence-electron chi connectivity index (χ1n) is 10.5. The van der Waals surface area contributed by atoms with Gasteiger partial charge in [0, 0.05) is 6.04 Å². The van der Waals surface area contributed by atoms with Crippen LogP contribution in [0.1, 0.15) is 71.6 Å². The molecule has 1 aliphatic heterocycles. The summed E-state index contributed by atoms with van der Waals surface area (Å²) >= 11 is 3.65. The fourth-order valence-corrected chi connectivity index (χ4v) is 8.17. The molecule has 0 aromatic carbocycles. The molecule has 1 saturated heterocycles. The summed E-state index contributed by atoms with van der Waals surface area (Å²) < 4.78 is 6.47. The van der Waals surface area contributed by atoms with Gasteiger partial charge < -0.3 is 10.1 Å². The molecule has 4 heteroatoms. The standard InChI is InChI=1S/C21H32BrNO2/c1-20-10-9-15-13(14(20)6-8-18(20)25-12-3-4-12)5-7-17-21(15,2)11-16(22)19(24)23-17/h12-18H,3-11H2,1-2H3,(H,23,24)/t13-,14-,15-,16?,17+,18-,20-,21+/m0/s1. The van der Waals surface area contributed by atoms with Crippen LogP contribution in [0.4, 0.5) is 0 Å². The van der Waals surface area contributed by atoms with Gasteiger partial charge >= 0.3 is 0 Å². The Bertz CT molecular complexity index is 578. The van der Waals surface area contributed by atoms with Crippen LogP contribution in [0.3, 0.4) is 0 Å². The summed E-state index contributed by atoms with van der Waals surface area (Å²) in [5.74, 6) is 2.65. The van der Waals surface area contributed by atoms with E-state index >= 15 is 0 Å². The van der Waals surface area contributed by atoms with Crippen molar-refractivity contribution in [3.63, 3.8) is 0 Å². The largest absolute Gasteiger partial charge is 0.374 e. The number of carbonyl (C=O) groups is 1. The molecule has 0 radical (unpaired) electrons. The van der Waals surface area contributed by atoms with Gasteiger partial charge in [0.05, 0.1) is 17.0 Å². The number of ether oxygens (including phenoxy) is 1. The van der Waals surface area contributed by atoms with Crippen molar-refractivity contribution in [1.29, 1.82) is 0 Å². The third-order valence-corrected chi connectivity index (χ3v) is 9.62. The molecule has 5 aliphatic rings. The maximum Gasteiger partial charge on any atom is 0.234 e. The van der Waals surface area contributed by atoms with E-state index in [2.05, 4.69) is 35.1 Å². The lowest BCUT2D eigenvalue weighted by Gasteiger charge is -2.60. The molecular weight excluding hydrogens is 378 g/mol. The van der Waals surface area contributed by atoms with E-state index in [1.807, 2.05) is 0 Å². The first kappa shape index (κ1) is 17.0. The lowest BCUT2D eigenvalue weighted by atomic mass is 9.47. The second-order valence-corrected chi connectivity index (χ2v) is 11.2. The number of carbonyl (C=O) groups excluding carboxylic acids is 1. The highest BCUT2D eigenvalue weighted by molar-refractivity contribution is 9.10. The van der Waals surface area contributed by atoms with E-state index in [4.69, 9.17) is 4.74 Å². The Balaban J connectivity index is 1.40. The number of hydrogen-bond acceptors (Lipinski definition) is 2. The molecule has 0 aromatic rings. The van der Waals surface area contributed by atoms with Crippen molar-refractivity contribution in [2.24, 2.45) is 28.6 Å². The second-order valence-electron chi connectivity index (χ2n) is 10.1. The van der Waals surface area contributed by atoms with Gasteiger partial charge in [0.1, 0.15) is 0 Å². The van der Waals surface area contributed by atoms with E-state index in [1.165, 1.54) is 51.4 Å². The van der Waals surface area contributed by atoms with E-state index in [0.717, 1.165) is 24.2 Å². The summed E-state index contributed by atoms with van der Waals surface area (Å²) in [5.41, 5.74) is 0.667. The van der Waals surface area contributed by atoms with E-state index in [9.17, 15) is 4.79 Å². The minimum absolute atomic E-state index is 0.00432. The molecule has 1 heterocycles. The molecule has 4 aliphatic carbocycles. The molecular formula is C21H32BrNO2. The van der Waals surface area contributed by atoms with Gasteiger partial charge in [-0.1, -0.05) is 29.8 Å². The maximum atomic E-state index is 12.2. The Labute approximate surface area is 160 Å². The number of alkyl halides is 1. The number of amides is 1. The summed E-state index contributed by atoms with van der Waals surface area (Å²) in [6, 6.07) is 0.388. The third-order valence-electron chi connectivity index (χ3n) is 8.88. The molecule has 0 spiro atoms. The zero-order valence-corrected chi connectivity index (χ0v) is 17.2. The van der Waals surface area contributed by atoms with Crippen molar-refractivity contribution < 1.29 is 9.53 Å². The Kier molecular flexibility index (Phi) is 3.89. The Morgan fingerprint density at radius 1 is 1.00 bits per heavy atom. The lowest BCUT2D eigenvalue weighted by molar-refractivity contribution is -0.140. The highest BCUT2D eigenvalue weighted by Gasteiger charge is 2.61.